The molecule has 3 heterocycles. The third kappa shape index (κ3) is 4.26. The number of hydrogen-bond acceptors (Lipinski definition) is 4. The smallest absolute Gasteiger partial charge is 0.272 e. The lowest BCUT2D eigenvalue weighted by molar-refractivity contribution is 0.0737. The van der Waals surface area contributed by atoms with Gasteiger partial charge in [0.15, 0.2) is 0 Å². The Morgan fingerprint density at radius 2 is 1.62 bits per heavy atom. The summed E-state index contributed by atoms with van der Waals surface area (Å²) in [4.78, 5) is 17.8. The van der Waals surface area contributed by atoms with Crippen LogP contribution >= 0.6 is 11.6 Å². The number of rotatable bonds is 5. The summed E-state index contributed by atoms with van der Waals surface area (Å²) in [6.45, 7) is 2.79. The second-order valence-electron chi connectivity index (χ2n) is 8.28. The Balaban J connectivity index is 1.40. The molecule has 2 aromatic carbocycles. The molecule has 0 bridgehead atoms. The summed E-state index contributed by atoms with van der Waals surface area (Å²) in [6, 6.07) is 21.2. The summed E-state index contributed by atoms with van der Waals surface area (Å²) in [6.07, 6.45) is 1.97. The van der Waals surface area contributed by atoms with Crippen LogP contribution in [0.5, 0.6) is 5.75 Å². The number of halogens is 1. The van der Waals surface area contributed by atoms with E-state index >= 15 is 0 Å². The minimum atomic E-state index is -0.0303. The highest BCUT2D eigenvalue weighted by Gasteiger charge is 2.27. The first kappa shape index (κ1) is 22.1. The fraction of sp³-hybridized carbons (Fsp3) is 0.231. The van der Waals surface area contributed by atoms with Crippen molar-refractivity contribution >= 4 is 23.2 Å². The number of ether oxygens (including phenoxy) is 1. The van der Waals surface area contributed by atoms with Gasteiger partial charge in [-0.1, -0.05) is 11.6 Å². The maximum Gasteiger partial charge on any atom is 0.272 e. The van der Waals surface area contributed by atoms with Gasteiger partial charge >= 0.3 is 0 Å². The molecule has 0 spiro atoms. The van der Waals surface area contributed by atoms with Gasteiger partial charge in [-0.15, -0.1) is 0 Å². The lowest BCUT2D eigenvalue weighted by Gasteiger charge is -2.36. The zero-order chi connectivity index (χ0) is 23.7. The molecule has 0 aliphatic carbocycles. The van der Waals surface area contributed by atoms with E-state index < -0.39 is 0 Å². The predicted octanol–water partition coefficient (Wildman–Crippen LogP) is 4.50. The number of aromatic nitrogens is 3. The van der Waals surface area contributed by atoms with Gasteiger partial charge in [-0.3, -0.25) is 4.79 Å². The molecule has 0 unspecified atom stereocenters. The van der Waals surface area contributed by atoms with E-state index in [1.165, 1.54) is 0 Å². The van der Waals surface area contributed by atoms with Crippen LogP contribution in [0.2, 0.25) is 5.02 Å². The van der Waals surface area contributed by atoms with Crippen molar-refractivity contribution in [2.45, 2.75) is 0 Å². The van der Waals surface area contributed by atoms with Crippen LogP contribution in [0.4, 0.5) is 5.69 Å². The van der Waals surface area contributed by atoms with Gasteiger partial charge in [0.2, 0.25) is 0 Å². The average molecular weight is 476 g/mol. The van der Waals surface area contributed by atoms with Gasteiger partial charge in [-0.25, -0.2) is 4.68 Å². The van der Waals surface area contributed by atoms with Crippen LogP contribution in [0.25, 0.3) is 17.1 Å². The highest BCUT2D eigenvalue weighted by Crippen LogP contribution is 2.25. The molecule has 7 nitrogen and oxygen atoms in total. The van der Waals surface area contributed by atoms with E-state index in [2.05, 4.69) is 17.0 Å². The Kier molecular flexibility index (Phi) is 6.02. The number of aryl methyl sites for hydroxylation is 1. The van der Waals surface area contributed by atoms with Crippen LogP contribution in [-0.2, 0) is 7.05 Å². The summed E-state index contributed by atoms with van der Waals surface area (Å²) in [5.41, 5.74) is 4.17. The van der Waals surface area contributed by atoms with E-state index in [-0.39, 0.29) is 5.91 Å². The molecule has 8 heteroatoms. The molecule has 1 aliphatic heterocycles. The molecule has 5 rings (SSSR count). The topological polar surface area (TPSA) is 55.5 Å². The standard InChI is InChI=1S/C26H26ClN5O2/c1-29-13-3-4-24(29)23-18-25(32(28-23)21-7-5-19(27)6-8-21)26(33)31-16-14-30(15-17-31)20-9-11-22(34-2)12-10-20/h3-13,18H,14-17H2,1-2H3. The normalized spacial score (nSPS) is 13.9. The SMILES string of the molecule is COc1ccc(N2CCN(C(=O)c3cc(-c4cccn4C)nn3-c3ccc(Cl)cc3)CC2)cc1. The molecule has 0 radical (unpaired) electrons. The molecular weight excluding hydrogens is 450 g/mol. The van der Waals surface area contributed by atoms with Crippen molar-refractivity contribution in [1.29, 1.82) is 0 Å². The molecule has 174 valence electrons. The van der Waals surface area contributed by atoms with Crippen LogP contribution in [-0.4, -0.2) is 58.4 Å². The van der Waals surface area contributed by atoms with E-state index in [1.54, 1.807) is 11.8 Å². The van der Waals surface area contributed by atoms with Gasteiger partial charge in [0, 0.05) is 50.1 Å². The average Bonchev–Trinajstić information content (AvgIpc) is 3.50. The minimum absolute atomic E-state index is 0.0303. The Morgan fingerprint density at radius 3 is 2.24 bits per heavy atom. The first-order valence-corrected chi connectivity index (χ1v) is 11.6. The number of piperazine rings is 1. The Hall–Kier alpha value is -3.71. The molecule has 1 amide bonds. The van der Waals surface area contributed by atoms with Crippen molar-refractivity contribution in [1.82, 2.24) is 19.2 Å². The molecular formula is C26H26ClN5O2. The maximum atomic E-state index is 13.7. The quantitative estimate of drug-likeness (QED) is 0.426. The summed E-state index contributed by atoms with van der Waals surface area (Å²) in [5, 5.41) is 5.43. The lowest BCUT2D eigenvalue weighted by atomic mass is 10.2. The first-order chi connectivity index (χ1) is 16.5. The number of benzene rings is 2. The summed E-state index contributed by atoms with van der Waals surface area (Å²) < 4.78 is 8.97. The predicted molar refractivity (Wildman–Crippen MR) is 134 cm³/mol. The van der Waals surface area contributed by atoms with E-state index in [0.29, 0.717) is 23.8 Å². The Labute approximate surface area is 203 Å². The highest BCUT2D eigenvalue weighted by atomic mass is 35.5. The molecule has 2 aromatic heterocycles. The Morgan fingerprint density at radius 1 is 0.941 bits per heavy atom. The van der Waals surface area contributed by atoms with Crippen molar-refractivity contribution in [3.8, 4) is 22.8 Å². The number of carbonyl (C=O) groups excluding carboxylic acids is 1. The minimum Gasteiger partial charge on any atom is -0.497 e. The van der Waals surface area contributed by atoms with Crippen molar-refractivity contribution in [2.24, 2.45) is 7.05 Å². The van der Waals surface area contributed by atoms with E-state index in [1.807, 2.05) is 77.3 Å². The van der Waals surface area contributed by atoms with E-state index in [4.69, 9.17) is 21.4 Å². The van der Waals surface area contributed by atoms with Crippen molar-refractivity contribution in [2.75, 3.05) is 38.2 Å². The molecule has 1 fully saturated rings. The van der Waals surface area contributed by atoms with Gasteiger partial charge < -0.3 is 19.1 Å². The van der Waals surface area contributed by atoms with E-state index in [0.717, 1.165) is 41.6 Å². The monoisotopic (exact) mass is 475 g/mol. The molecule has 0 atom stereocenters. The zero-order valence-electron chi connectivity index (χ0n) is 19.2. The highest BCUT2D eigenvalue weighted by molar-refractivity contribution is 6.30. The van der Waals surface area contributed by atoms with E-state index in [9.17, 15) is 4.79 Å². The number of nitrogens with zero attached hydrogens (tertiary/aromatic N) is 5. The van der Waals surface area contributed by atoms with Crippen molar-refractivity contribution in [3.05, 3.63) is 83.6 Å². The largest absolute Gasteiger partial charge is 0.497 e. The Bertz CT molecular complexity index is 1290. The third-order valence-electron chi connectivity index (χ3n) is 6.21. The molecule has 4 aromatic rings. The van der Waals surface area contributed by atoms with Crippen molar-refractivity contribution in [3.63, 3.8) is 0 Å². The fourth-order valence-corrected chi connectivity index (χ4v) is 4.41. The van der Waals surface area contributed by atoms with Gasteiger partial charge in [-0.05, 0) is 66.7 Å². The summed E-state index contributed by atoms with van der Waals surface area (Å²) >= 11 is 6.09. The van der Waals surface area contributed by atoms with Crippen LogP contribution in [0, 0.1) is 0 Å². The van der Waals surface area contributed by atoms with Crippen LogP contribution < -0.4 is 9.64 Å². The van der Waals surface area contributed by atoms with Gasteiger partial charge in [0.05, 0.1) is 18.5 Å². The third-order valence-corrected chi connectivity index (χ3v) is 6.46. The molecule has 1 saturated heterocycles. The zero-order valence-corrected chi connectivity index (χ0v) is 19.9. The number of carbonyl (C=O) groups is 1. The number of methoxy groups -OCH3 is 1. The van der Waals surface area contributed by atoms with Crippen LogP contribution in [0.3, 0.4) is 0 Å². The maximum absolute atomic E-state index is 13.7. The fourth-order valence-electron chi connectivity index (χ4n) is 4.29. The van der Waals surface area contributed by atoms with Gasteiger partial charge in [0.25, 0.3) is 5.91 Å². The van der Waals surface area contributed by atoms with Gasteiger partial charge in [0.1, 0.15) is 17.1 Å². The van der Waals surface area contributed by atoms with Gasteiger partial charge in [-0.2, -0.15) is 5.10 Å². The molecule has 34 heavy (non-hydrogen) atoms. The lowest BCUT2D eigenvalue weighted by Crippen LogP contribution is -2.49. The van der Waals surface area contributed by atoms with Crippen LogP contribution in [0.15, 0.2) is 72.9 Å². The van der Waals surface area contributed by atoms with Crippen LogP contribution in [0.1, 0.15) is 10.5 Å². The summed E-state index contributed by atoms with van der Waals surface area (Å²) in [7, 11) is 3.63. The molecule has 0 N–H and O–H groups in total. The number of amides is 1. The second-order valence-corrected chi connectivity index (χ2v) is 8.72. The molecule has 1 aliphatic rings. The summed E-state index contributed by atoms with van der Waals surface area (Å²) in [5.74, 6) is 0.805. The molecule has 0 saturated carbocycles. The van der Waals surface area contributed by atoms with Crippen molar-refractivity contribution < 1.29 is 9.53 Å². The first-order valence-electron chi connectivity index (χ1n) is 11.2. The number of anilines is 1. The number of hydrogen-bond donors (Lipinski definition) is 0. The second kappa shape index (κ2) is 9.27.